The van der Waals surface area contributed by atoms with E-state index in [4.69, 9.17) is 0 Å². The van der Waals surface area contributed by atoms with Crippen LogP contribution in [0.15, 0.2) is 6.07 Å². The predicted octanol–water partition coefficient (Wildman–Crippen LogP) is 1.70. The van der Waals surface area contributed by atoms with Crippen LogP contribution in [-0.2, 0) is 0 Å². The maximum Gasteiger partial charge on any atom is 0.252 e. The average molecular weight is 175 g/mol. The van der Waals surface area contributed by atoms with Gasteiger partial charge < -0.3 is 0 Å². The summed E-state index contributed by atoms with van der Waals surface area (Å²) >= 11 is 0. The smallest absolute Gasteiger partial charge is 0.252 e. The van der Waals surface area contributed by atoms with E-state index in [-0.39, 0.29) is 0 Å². The molecule has 0 spiro atoms. The van der Waals surface area contributed by atoms with E-state index in [0.717, 1.165) is 6.92 Å². The van der Waals surface area contributed by atoms with Crippen molar-refractivity contribution in [3.8, 4) is 0 Å². The summed E-state index contributed by atoms with van der Waals surface area (Å²) in [4.78, 5) is 13.4. The number of rotatable bonds is 1. The van der Waals surface area contributed by atoms with E-state index < -0.39 is 29.1 Å². The first-order valence-electron chi connectivity index (χ1n) is 3.05. The molecule has 0 aliphatic rings. The quantitative estimate of drug-likeness (QED) is 0.480. The number of carbonyl (C=O) groups is 1. The third-order valence-electron chi connectivity index (χ3n) is 1.23. The minimum Gasteiger partial charge on any atom is -0.293 e. The highest BCUT2D eigenvalue weighted by Crippen LogP contribution is 2.09. The molecule has 64 valence electrons. The van der Waals surface area contributed by atoms with Crippen molar-refractivity contribution >= 4 is 5.78 Å². The summed E-state index contributed by atoms with van der Waals surface area (Å²) in [6.45, 7) is 1.08. The molecule has 0 N–H and O–H groups in total. The zero-order chi connectivity index (χ0) is 9.30. The molecule has 0 bridgehead atoms. The zero-order valence-corrected chi connectivity index (χ0v) is 6.07. The second-order valence-electron chi connectivity index (χ2n) is 2.15. The van der Waals surface area contributed by atoms with Gasteiger partial charge in [-0.3, -0.25) is 4.79 Å². The molecule has 0 aliphatic heterocycles. The molecule has 2 nitrogen and oxygen atoms in total. The van der Waals surface area contributed by atoms with Crippen LogP contribution in [0.5, 0.6) is 0 Å². The van der Waals surface area contributed by atoms with Crippen molar-refractivity contribution in [1.29, 1.82) is 0 Å². The first-order valence-corrected chi connectivity index (χ1v) is 3.05. The number of hydrogen-bond donors (Lipinski definition) is 0. The molecule has 0 aromatic carbocycles. The molecule has 0 amide bonds. The minimum atomic E-state index is -1.67. The van der Waals surface area contributed by atoms with Crippen LogP contribution in [0.25, 0.3) is 0 Å². The lowest BCUT2D eigenvalue weighted by atomic mass is 10.2. The summed E-state index contributed by atoms with van der Waals surface area (Å²) < 4.78 is 37.0. The fourth-order valence-electron chi connectivity index (χ4n) is 0.649. The van der Waals surface area contributed by atoms with Gasteiger partial charge >= 0.3 is 0 Å². The van der Waals surface area contributed by atoms with E-state index >= 15 is 0 Å². The molecule has 1 aromatic rings. The molecule has 1 heterocycles. The third kappa shape index (κ3) is 1.44. The van der Waals surface area contributed by atoms with E-state index in [0.29, 0.717) is 6.07 Å². The summed E-state index contributed by atoms with van der Waals surface area (Å²) in [5.41, 5.74) is -0.425. The van der Waals surface area contributed by atoms with Crippen molar-refractivity contribution < 1.29 is 18.0 Å². The van der Waals surface area contributed by atoms with Gasteiger partial charge in [-0.25, -0.2) is 9.37 Å². The van der Waals surface area contributed by atoms with Gasteiger partial charge in [-0.1, -0.05) is 0 Å². The Morgan fingerprint density at radius 1 is 1.42 bits per heavy atom. The number of hydrogen-bond acceptors (Lipinski definition) is 2. The van der Waals surface area contributed by atoms with Gasteiger partial charge in [0, 0.05) is 13.0 Å². The molecule has 0 fully saturated rings. The van der Waals surface area contributed by atoms with Gasteiger partial charge in [0.2, 0.25) is 5.82 Å². The first kappa shape index (κ1) is 8.70. The molecule has 0 saturated carbocycles. The number of aromatic nitrogens is 1. The van der Waals surface area contributed by atoms with E-state index in [1.807, 2.05) is 0 Å². The zero-order valence-electron chi connectivity index (χ0n) is 6.07. The molecule has 0 saturated heterocycles. The number of nitrogens with zero attached hydrogens (tertiary/aromatic N) is 1. The molecular formula is C7H4F3NO. The van der Waals surface area contributed by atoms with Crippen LogP contribution in [0.4, 0.5) is 13.2 Å². The molecule has 0 aliphatic carbocycles. The summed E-state index contributed by atoms with van der Waals surface area (Å²) in [5.74, 6) is -5.29. The van der Waals surface area contributed by atoms with Crippen LogP contribution in [0.2, 0.25) is 0 Å². The highest BCUT2D eigenvalue weighted by molar-refractivity contribution is 5.91. The fraction of sp³-hybridized carbons (Fsp3) is 0.143. The number of Topliss-reactive ketones (excluding diaryl/α,β-unsaturated/α-hetero) is 1. The fourth-order valence-corrected chi connectivity index (χ4v) is 0.649. The van der Waals surface area contributed by atoms with Crippen LogP contribution >= 0.6 is 0 Å². The van der Waals surface area contributed by atoms with E-state index in [9.17, 15) is 18.0 Å². The second kappa shape index (κ2) is 2.92. The summed E-state index contributed by atoms with van der Waals surface area (Å²) in [7, 11) is 0. The van der Waals surface area contributed by atoms with E-state index in [2.05, 4.69) is 4.98 Å². The summed E-state index contributed by atoms with van der Waals surface area (Å²) in [6, 6.07) is 0.556. The van der Waals surface area contributed by atoms with Gasteiger partial charge in [0.15, 0.2) is 11.6 Å². The van der Waals surface area contributed by atoms with E-state index in [1.165, 1.54) is 0 Å². The van der Waals surface area contributed by atoms with Crippen molar-refractivity contribution in [2.24, 2.45) is 0 Å². The Bertz CT molecular complexity index is 314. The van der Waals surface area contributed by atoms with Gasteiger partial charge in [0.1, 0.15) is 5.69 Å². The lowest BCUT2D eigenvalue weighted by Crippen LogP contribution is -2.03. The van der Waals surface area contributed by atoms with Crippen LogP contribution in [0.3, 0.4) is 0 Å². The van der Waals surface area contributed by atoms with Crippen LogP contribution in [-0.4, -0.2) is 10.8 Å². The van der Waals surface area contributed by atoms with Crippen LogP contribution in [0, 0.1) is 17.6 Å². The predicted molar refractivity (Wildman–Crippen MR) is 34.1 cm³/mol. The molecular weight excluding hydrogens is 171 g/mol. The van der Waals surface area contributed by atoms with E-state index in [1.54, 1.807) is 0 Å². The third-order valence-corrected chi connectivity index (χ3v) is 1.23. The number of halogens is 3. The molecule has 5 heteroatoms. The Kier molecular flexibility index (Phi) is 2.12. The van der Waals surface area contributed by atoms with Gasteiger partial charge in [-0.15, -0.1) is 0 Å². The standard InChI is InChI=1S/C7H4F3NO/c1-3(12)5-2-4(8)6(9)7(10)11-5/h2H,1H3. The summed E-state index contributed by atoms with van der Waals surface area (Å²) in [6.07, 6.45) is 0. The van der Waals surface area contributed by atoms with Crippen LogP contribution in [0.1, 0.15) is 17.4 Å². The lowest BCUT2D eigenvalue weighted by molar-refractivity contribution is 0.101. The number of carbonyl (C=O) groups excluding carboxylic acids is 1. The Morgan fingerprint density at radius 3 is 2.42 bits per heavy atom. The average Bonchev–Trinajstić information content (AvgIpc) is 1.99. The van der Waals surface area contributed by atoms with Gasteiger partial charge in [-0.2, -0.15) is 8.78 Å². The normalized spacial score (nSPS) is 10.0. The Morgan fingerprint density at radius 2 is 2.00 bits per heavy atom. The molecule has 0 unspecified atom stereocenters. The molecule has 0 atom stereocenters. The highest BCUT2D eigenvalue weighted by atomic mass is 19.2. The maximum absolute atomic E-state index is 12.4. The number of ketones is 1. The monoisotopic (exact) mass is 175 g/mol. The summed E-state index contributed by atoms with van der Waals surface area (Å²) in [5, 5.41) is 0. The SMILES string of the molecule is CC(=O)c1cc(F)c(F)c(F)n1. The van der Waals surface area contributed by atoms with Gasteiger partial charge in [0.25, 0.3) is 5.95 Å². The Balaban J connectivity index is 3.31. The first-order chi connectivity index (χ1) is 5.52. The molecule has 1 aromatic heterocycles. The molecule has 12 heavy (non-hydrogen) atoms. The number of pyridine rings is 1. The molecule has 1 rings (SSSR count). The van der Waals surface area contributed by atoms with Crippen molar-refractivity contribution in [1.82, 2.24) is 4.98 Å². The van der Waals surface area contributed by atoms with Crippen molar-refractivity contribution in [3.05, 3.63) is 29.3 Å². The van der Waals surface area contributed by atoms with Crippen molar-refractivity contribution in [2.45, 2.75) is 6.92 Å². The van der Waals surface area contributed by atoms with Gasteiger partial charge in [-0.05, 0) is 0 Å². The molecule has 0 radical (unpaired) electrons. The van der Waals surface area contributed by atoms with Gasteiger partial charge in [0.05, 0.1) is 0 Å². The Hall–Kier alpha value is -1.39. The van der Waals surface area contributed by atoms with Crippen LogP contribution < -0.4 is 0 Å². The largest absolute Gasteiger partial charge is 0.293 e. The maximum atomic E-state index is 12.4. The van der Waals surface area contributed by atoms with Crippen molar-refractivity contribution in [3.63, 3.8) is 0 Å². The minimum absolute atomic E-state index is 0.425. The topological polar surface area (TPSA) is 30.0 Å². The van der Waals surface area contributed by atoms with Crippen molar-refractivity contribution in [2.75, 3.05) is 0 Å². The second-order valence-corrected chi connectivity index (χ2v) is 2.15. The highest BCUT2D eigenvalue weighted by Gasteiger charge is 2.13. The lowest BCUT2D eigenvalue weighted by Gasteiger charge is -1.96. The Labute approximate surface area is 66.0 Å².